The third-order valence-electron chi connectivity index (χ3n) is 3.26. The van der Waals surface area contributed by atoms with Crippen molar-refractivity contribution < 1.29 is 21.6 Å². The summed E-state index contributed by atoms with van der Waals surface area (Å²) in [6.07, 6.45) is 1.14. The summed E-state index contributed by atoms with van der Waals surface area (Å²) in [4.78, 5) is 0.454. The molecule has 0 aromatic heterocycles. The number of sulfone groups is 2. The fourth-order valence-corrected chi connectivity index (χ4v) is 3.55. The highest BCUT2D eigenvalue weighted by molar-refractivity contribution is 7.92. The van der Waals surface area contributed by atoms with Crippen LogP contribution < -0.4 is 4.74 Å². The zero-order valence-corrected chi connectivity index (χ0v) is 14.7. The molecule has 0 N–H and O–H groups in total. The molecule has 0 spiro atoms. The minimum Gasteiger partial charge on any atom is -0.457 e. The molecule has 0 aliphatic heterocycles. The standard InChI is InChI=1S/C16H18O5S2/c1-12(2)23(19,20)16-10-6-14(7-11-16)21-13-4-8-15(9-5-13)22(3,17)18/h4-12H,1-3H3. The van der Waals surface area contributed by atoms with Gasteiger partial charge in [-0.05, 0) is 62.4 Å². The van der Waals surface area contributed by atoms with Crippen molar-refractivity contribution in [2.24, 2.45) is 0 Å². The van der Waals surface area contributed by atoms with Crippen molar-refractivity contribution in [2.75, 3.05) is 6.26 Å². The van der Waals surface area contributed by atoms with Crippen LogP contribution in [0.4, 0.5) is 0 Å². The summed E-state index contributed by atoms with van der Waals surface area (Å²) in [5.41, 5.74) is 0. The topological polar surface area (TPSA) is 77.5 Å². The minimum atomic E-state index is -3.31. The van der Waals surface area contributed by atoms with E-state index in [2.05, 4.69) is 0 Å². The molecule has 2 aromatic rings. The first-order valence-corrected chi connectivity index (χ1v) is 10.4. The normalized spacial score (nSPS) is 12.3. The van der Waals surface area contributed by atoms with Gasteiger partial charge in [-0.1, -0.05) is 0 Å². The van der Waals surface area contributed by atoms with E-state index in [4.69, 9.17) is 4.74 Å². The predicted molar refractivity (Wildman–Crippen MR) is 88.4 cm³/mol. The summed E-state index contributed by atoms with van der Waals surface area (Å²) >= 11 is 0. The maximum absolute atomic E-state index is 12.0. The molecule has 0 heterocycles. The molecular formula is C16H18O5S2. The van der Waals surface area contributed by atoms with Crippen LogP contribution >= 0.6 is 0 Å². The van der Waals surface area contributed by atoms with E-state index in [1.807, 2.05) is 0 Å². The maximum Gasteiger partial charge on any atom is 0.180 e. The van der Waals surface area contributed by atoms with Gasteiger partial charge in [0.15, 0.2) is 19.7 Å². The zero-order valence-electron chi connectivity index (χ0n) is 13.1. The van der Waals surface area contributed by atoms with E-state index in [0.29, 0.717) is 11.5 Å². The second kappa shape index (κ2) is 6.33. The lowest BCUT2D eigenvalue weighted by atomic mass is 10.3. The van der Waals surface area contributed by atoms with Gasteiger partial charge in [-0.25, -0.2) is 16.8 Å². The average molecular weight is 354 g/mol. The number of benzene rings is 2. The predicted octanol–water partition coefficient (Wildman–Crippen LogP) is 3.06. The van der Waals surface area contributed by atoms with Gasteiger partial charge in [0.05, 0.1) is 15.0 Å². The van der Waals surface area contributed by atoms with Crippen molar-refractivity contribution >= 4 is 19.7 Å². The van der Waals surface area contributed by atoms with Gasteiger partial charge < -0.3 is 4.74 Å². The molecule has 23 heavy (non-hydrogen) atoms. The summed E-state index contributed by atoms with van der Waals surface area (Å²) in [7, 11) is -6.56. The highest BCUT2D eigenvalue weighted by Gasteiger charge is 2.18. The third kappa shape index (κ3) is 4.11. The second-order valence-electron chi connectivity index (χ2n) is 5.41. The molecule has 2 aromatic carbocycles. The van der Waals surface area contributed by atoms with Crippen LogP contribution in [-0.4, -0.2) is 28.3 Å². The largest absolute Gasteiger partial charge is 0.457 e. The van der Waals surface area contributed by atoms with Gasteiger partial charge >= 0.3 is 0 Å². The Balaban J connectivity index is 2.19. The molecule has 0 unspecified atom stereocenters. The zero-order chi connectivity index (χ0) is 17.3. The smallest absolute Gasteiger partial charge is 0.180 e. The Morgan fingerprint density at radius 1 is 0.739 bits per heavy atom. The van der Waals surface area contributed by atoms with Crippen LogP contribution in [0.3, 0.4) is 0 Å². The quantitative estimate of drug-likeness (QED) is 0.825. The van der Waals surface area contributed by atoms with Crippen molar-refractivity contribution in [3.05, 3.63) is 48.5 Å². The Bertz CT molecular complexity index is 878. The molecule has 124 valence electrons. The molecule has 0 atom stereocenters. The van der Waals surface area contributed by atoms with Crippen molar-refractivity contribution in [3.63, 3.8) is 0 Å². The van der Waals surface area contributed by atoms with Gasteiger partial charge in [0.25, 0.3) is 0 Å². The van der Waals surface area contributed by atoms with E-state index in [9.17, 15) is 16.8 Å². The van der Waals surface area contributed by atoms with Crippen LogP contribution in [0.15, 0.2) is 58.3 Å². The van der Waals surface area contributed by atoms with Crippen LogP contribution in [0.2, 0.25) is 0 Å². The van der Waals surface area contributed by atoms with E-state index in [-0.39, 0.29) is 9.79 Å². The van der Waals surface area contributed by atoms with Crippen LogP contribution in [0.25, 0.3) is 0 Å². The summed E-state index contributed by atoms with van der Waals surface area (Å²) in [5.74, 6) is 0.941. The van der Waals surface area contributed by atoms with E-state index in [1.54, 1.807) is 38.1 Å². The lowest BCUT2D eigenvalue weighted by molar-refractivity contribution is 0.481. The van der Waals surface area contributed by atoms with Crippen LogP contribution in [0.1, 0.15) is 13.8 Å². The lowest BCUT2D eigenvalue weighted by Crippen LogP contribution is -2.13. The molecular weight excluding hydrogens is 336 g/mol. The lowest BCUT2D eigenvalue weighted by Gasteiger charge is -2.10. The van der Waals surface area contributed by atoms with E-state index >= 15 is 0 Å². The molecule has 0 fully saturated rings. The fourth-order valence-electron chi connectivity index (χ4n) is 1.86. The van der Waals surface area contributed by atoms with Crippen molar-refractivity contribution in [3.8, 4) is 11.5 Å². The fraction of sp³-hybridized carbons (Fsp3) is 0.250. The van der Waals surface area contributed by atoms with Gasteiger partial charge in [0, 0.05) is 6.26 Å². The third-order valence-corrected chi connectivity index (χ3v) is 6.56. The Kier molecular flexibility index (Phi) is 4.81. The summed E-state index contributed by atoms with van der Waals surface area (Å²) in [6.45, 7) is 3.26. The molecule has 0 bridgehead atoms. The van der Waals surface area contributed by atoms with Gasteiger partial charge in [-0.2, -0.15) is 0 Å². The highest BCUT2D eigenvalue weighted by Crippen LogP contribution is 2.25. The van der Waals surface area contributed by atoms with Crippen LogP contribution in [-0.2, 0) is 19.7 Å². The monoisotopic (exact) mass is 354 g/mol. The Labute approximate surface area is 136 Å². The SMILES string of the molecule is CC(C)S(=O)(=O)c1ccc(Oc2ccc(S(C)(=O)=O)cc2)cc1. The van der Waals surface area contributed by atoms with E-state index in [0.717, 1.165) is 6.26 Å². The number of ether oxygens (including phenoxy) is 1. The molecule has 0 amide bonds. The summed E-state index contributed by atoms with van der Waals surface area (Å²) in [6, 6.07) is 12.2. The molecule has 0 radical (unpaired) electrons. The van der Waals surface area contributed by atoms with Gasteiger partial charge in [-0.3, -0.25) is 0 Å². The molecule has 0 aliphatic rings. The first-order valence-electron chi connectivity index (χ1n) is 6.92. The van der Waals surface area contributed by atoms with Crippen molar-refractivity contribution in [2.45, 2.75) is 28.9 Å². The Morgan fingerprint density at radius 2 is 1.13 bits per heavy atom. The average Bonchev–Trinajstić information content (AvgIpc) is 2.47. The first kappa shape index (κ1) is 17.5. The minimum absolute atomic E-state index is 0.211. The van der Waals surface area contributed by atoms with Crippen LogP contribution in [0.5, 0.6) is 11.5 Å². The Morgan fingerprint density at radius 3 is 1.48 bits per heavy atom. The molecule has 7 heteroatoms. The molecule has 5 nitrogen and oxygen atoms in total. The second-order valence-corrected chi connectivity index (χ2v) is 9.93. The first-order chi connectivity index (χ1) is 10.6. The van der Waals surface area contributed by atoms with E-state index < -0.39 is 24.9 Å². The van der Waals surface area contributed by atoms with Gasteiger partial charge in [-0.15, -0.1) is 0 Å². The number of hydrogen-bond donors (Lipinski definition) is 0. The Hall–Kier alpha value is -1.86. The maximum atomic E-state index is 12.0. The number of hydrogen-bond acceptors (Lipinski definition) is 5. The van der Waals surface area contributed by atoms with Crippen molar-refractivity contribution in [1.82, 2.24) is 0 Å². The van der Waals surface area contributed by atoms with Crippen molar-refractivity contribution in [1.29, 1.82) is 0 Å². The highest BCUT2D eigenvalue weighted by atomic mass is 32.2. The summed E-state index contributed by atoms with van der Waals surface area (Å²) < 4.78 is 52.4. The van der Waals surface area contributed by atoms with Crippen LogP contribution in [0, 0.1) is 0 Å². The molecule has 2 rings (SSSR count). The number of rotatable bonds is 5. The van der Waals surface area contributed by atoms with Gasteiger partial charge in [0.1, 0.15) is 11.5 Å². The molecule has 0 saturated heterocycles. The van der Waals surface area contributed by atoms with E-state index in [1.165, 1.54) is 24.3 Å². The summed E-state index contributed by atoms with van der Waals surface area (Å²) in [5, 5.41) is -0.488. The molecule has 0 aliphatic carbocycles. The molecule has 0 saturated carbocycles. The van der Waals surface area contributed by atoms with Gasteiger partial charge in [0.2, 0.25) is 0 Å².